The molecule has 1 N–H and O–H groups in total. The minimum absolute atomic E-state index is 0.340. The molecule has 0 aromatic heterocycles. The standard InChI is InChI=1S/C13H28ClNO3/c1-3-4-6-16-8-10-18-11-9-17-7-5-15-13(2)12-14/h13,15H,3-12H2,1-2H3. The largest absolute Gasteiger partial charge is 0.379 e. The summed E-state index contributed by atoms with van der Waals surface area (Å²) in [5.74, 6) is 0.626. The average Bonchev–Trinajstić information content (AvgIpc) is 2.39. The maximum atomic E-state index is 5.66. The third-order valence-corrected chi connectivity index (χ3v) is 2.82. The van der Waals surface area contributed by atoms with E-state index < -0.39 is 0 Å². The Morgan fingerprint density at radius 3 is 2.06 bits per heavy atom. The summed E-state index contributed by atoms with van der Waals surface area (Å²) in [6, 6.07) is 0.340. The molecule has 1 atom stereocenters. The quantitative estimate of drug-likeness (QED) is 0.391. The van der Waals surface area contributed by atoms with Crippen LogP contribution >= 0.6 is 11.6 Å². The van der Waals surface area contributed by atoms with Crippen LogP contribution in [0.25, 0.3) is 0 Å². The molecule has 0 fully saturated rings. The number of rotatable bonds is 14. The number of halogens is 1. The Kier molecular flexibility index (Phi) is 15.3. The van der Waals surface area contributed by atoms with Gasteiger partial charge < -0.3 is 19.5 Å². The molecule has 0 aliphatic carbocycles. The summed E-state index contributed by atoms with van der Waals surface area (Å²) >= 11 is 5.66. The van der Waals surface area contributed by atoms with Crippen LogP contribution in [0.1, 0.15) is 26.7 Å². The van der Waals surface area contributed by atoms with Gasteiger partial charge in [0.15, 0.2) is 0 Å². The lowest BCUT2D eigenvalue weighted by Gasteiger charge is -2.10. The lowest BCUT2D eigenvalue weighted by atomic mass is 10.4. The highest BCUT2D eigenvalue weighted by Crippen LogP contribution is 1.88. The van der Waals surface area contributed by atoms with E-state index in [1.807, 2.05) is 0 Å². The first-order chi connectivity index (χ1) is 8.81. The zero-order valence-electron chi connectivity index (χ0n) is 11.8. The number of hydrogen-bond donors (Lipinski definition) is 1. The van der Waals surface area contributed by atoms with Crippen LogP contribution in [0.3, 0.4) is 0 Å². The first-order valence-corrected chi connectivity index (χ1v) is 7.37. The van der Waals surface area contributed by atoms with Crippen LogP contribution < -0.4 is 5.32 Å². The van der Waals surface area contributed by atoms with Crippen LogP contribution in [0.5, 0.6) is 0 Å². The van der Waals surface area contributed by atoms with E-state index in [1.54, 1.807) is 0 Å². The van der Waals surface area contributed by atoms with Gasteiger partial charge in [-0.05, 0) is 13.3 Å². The van der Waals surface area contributed by atoms with Crippen molar-refractivity contribution in [3.05, 3.63) is 0 Å². The van der Waals surface area contributed by atoms with Gasteiger partial charge in [-0.1, -0.05) is 13.3 Å². The maximum Gasteiger partial charge on any atom is 0.0701 e. The fraction of sp³-hybridized carbons (Fsp3) is 1.00. The monoisotopic (exact) mass is 281 g/mol. The molecule has 0 spiro atoms. The predicted molar refractivity (Wildman–Crippen MR) is 75.5 cm³/mol. The summed E-state index contributed by atoms with van der Waals surface area (Å²) in [5.41, 5.74) is 0. The summed E-state index contributed by atoms with van der Waals surface area (Å²) in [6.07, 6.45) is 2.29. The Morgan fingerprint density at radius 1 is 0.944 bits per heavy atom. The number of ether oxygens (including phenoxy) is 3. The minimum Gasteiger partial charge on any atom is -0.379 e. The fourth-order valence-corrected chi connectivity index (χ4v) is 1.33. The van der Waals surface area contributed by atoms with Gasteiger partial charge in [-0.15, -0.1) is 11.6 Å². The average molecular weight is 282 g/mol. The fourth-order valence-electron chi connectivity index (χ4n) is 1.22. The molecule has 0 aliphatic rings. The van der Waals surface area contributed by atoms with E-state index in [4.69, 9.17) is 25.8 Å². The number of nitrogens with one attached hydrogen (secondary N) is 1. The van der Waals surface area contributed by atoms with Crippen LogP contribution in [0, 0.1) is 0 Å². The normalized spacial score (nSPS) is 12.8. The van der Waals surface area contributed by atoms with Gasteiger partial charge in [0.1, 0.15) is 0 Å². The topological polar surface area (TPSA) is 39.7 Å². The van der Waals surface area contributed by atoms with Gasteiger partial charge in [-0.2, -0.15) is 0 Å². The smallest absolute Gasteiger partial charge is 0.0701 e. The van der Waals surface area contributed by atoms with E-state index in [-0.39, 0.29) is 0 Å². The second kappa shape index (κ2) is 15.2. The zero-order valence-corrected chi connectivity index (χ0v) is 12.5. The molecule has 0 aliphatic heterocycles. The number of unbranched alkanes of at least 4 members (excludes halogenated alkanes) is 1. The predicted octanol–water partition coefficient (Wildman–Crippen LogP) is 2.05. The minimum atomic E-state index is 0.340. The van der Waals surface area contributed by atoms with E-state index in [0.29, 0.717) is 45.0 Å². The van der Waals surface area contributed by atoms with Gasteiger partial charge in [0.05, 0.1) is 33.0 Å². The molecule has 0 amide bonds. The Labute approximate surface area is 116 Å². The van der Waals surface area contributed by atoms with Crippen molar-refractivity contribution < 1.29 is 14.2 Å². The Bertz CT molecular complexity index is 161. The molecule has 18 heavy (non-hydrogen) atoms. The third-order valence-electron chi connectivity index (χ3n) is 2.36. The van der Waals surface area contributed by atoms with Gasteiger partial charge in [-0.25, -0.2) is 0 Å². The molecule has 0 saturated heterocycles. The molecular formula is C13H28ClNO3. The van der Waals surface area contributed by atoms with Gasteiger partial charge >= 0.3 is 0 Å². The van der Waals surface area contributed by atoms with E-state index in [0.717, 1.165) is 19.6 Å². The zero-order chi connectivity index (χ0) is 13.5. The lowest BCUT2D eigenvalue weighted by Crippen LogP contribution is -2.30. The molecule has 4 nitrogen and oxygen atoms in total. The summed E-state index contributed by atoms with van der Waals surface area (Å²) in [7, 11) is 0. The van der Waals surface area contributed by atoms with Gasteiger partial charge in [0, 0.05) is 25.1 Å². The molecule has 0 rings (SSSR count). The summed E-state index contributed by atoms with van der Waals surface area (Å²) in [6.45, 7) is 9.14. The van der Waals surface area contributed by atoms with E-state index in [9.17, 15) is 0 Å². The molecule has 5 heteroatoms. The first kappa shape index (κ1) is 18.1. The SMILES string of the molecule is CCCCOCCOCCOCCNC(C)CCl. The first-order valence-electron chi connectivity index (χ1n) is 6.83. The van der Waals surface area contributed by atoms with Gasteiger partial charge in [-0.3, -0.25) is 0 Å². The lowest BCUT2D eigenvalue weighted by molar-refractivity contribution is 0.0145. The van der Waals surface area contributed by atoms with E-state index >= 15 is 0 Å². The highest BCUT2D eigenvalue weighted by atomic mass is 35.5. The molecule has 0 saturated carbocycles. The molecule has 110 valence electrons. The van der Waals surface area contributed by atoms with Crippen molar-refractivity contribution in [1.29, 1.82) is 0 Å². The Balaban J connectivity index is 2.94. The summed E-state index contributed by atoms with van der Waals surface area (Å²) in [4.78, 5) is 0. The van der Waals surface area contributed by atoms with Crippen LogP contribution in [-0.4, -0.2) is 58.1 Å². The van der Waals surface area contributed by atoms with Gasteiger partial charge in [0.25, 0.3) is 0 Å². The maximum absolute atomic E-state index is 5.66. The molecule has 0 radical (unpaired) electrons. The second-order valence-electron chi connectivity index (χ2n) is 4.20. The Hall–Kier alpha value is 0.130. The van der Waals surface area contributed by atoms with Crippen molar-refractivity contribution in [3.8, 4) is 0 Å². The number of hydrogen-bond acceptors (Lipinski definition) is 4. The van der Waals surface area contributed by atoms with Crippen LogP contribution in [-0.2, 0) is 14.2 Å². The van der Waals surface area contributed by atoms with Gasteiger partial charge in [0.2, 0.25) is 0 Å². The molecule has 1 unspecified atom stereocenters. The molecule has 0 aromatic rings. The summed E-state index contributed by atoms with van der Waals surface area (Å²) < 4.78 is 16.1. The molecule has 0 heterocycles. The van der Waals surface area contributed by atoms with Crippen molar-refractivity contribution in [3.63, 3.8) is 0 Å². The van der Waals surface area contributed by atoms with Crippen LogP contribution in [0.15, 0.2) is 0 Å². The van der Waals surface area contributed by atoms with Crippen molar-refractivity contribution in [1.82, 2.24) is 5.32 Å². The molecule has 0 bridgehead atoms. The number of alkyl halides is 1. The summed E-state index contributed by atoms with van der Waals surface area (Å²) in [5, 5.41) is 3.25. The Morgan fingerprint density at radius 2 is 1.50 bits per heavy atom. The van der Waals surface area contributed by atoms with Crippen molar-refractivity contribution >= 4 is 11.6 Å². The second-order valence-corrected chi connectivity index (χ2v) is 4.51. The highest BCUT2D eigenvalue weighted by Gasteiger charge is 1.97. The highest BCUT2D eigenvalue weighted by molar-refractivity contribution is 6.18. The van der Waals surface area contributed by atoms with Crippen LogP contribution in [0.4, 0.5) is 0 Å². The molecule has 0 aromatic carbocycles. The molecular weight excluding hydrogens is 254 g/mol. The third kappa shape index (κ3) is 14.2. The van der Waals surface area contributed by atoms with Crippen molar-refractivity contribution in [2.24, 2.45) is 0 Å². The van der Waals surface area contributed by atoms with Crippen molar-refractivity contribution in [2.45, 2.75) is 32.7 Å². The van der Waals surface area contributed by atoms with Crippen molar-refractivity contribution in [2.75, 3.05) is 52.1 Å². The van der Waals surface area contributed by atoms with E-state index in [1.165, 1.54) is 6.42 Å². The van der Waals surface area contributed by atoms with E-state index in [2.05, 4.69) is 19.2 Å². The van der Waals surface area contributed by atoms with Crippen LogP contribution in [0.2, 0.25) is 0 Å².